The summed E-state index contributed by atoms with van der Waals surface area (Å²) < 4.78 is 1.92. The van der Waals surface area contributed by atoms with Gasteiger partial charge in [-0.1, -0.05) is 13.0 Å². The van der Waals surface area contributed by atoms with Gasteiger partial charge in [0.15, 0.2) is 0 Å². The molecule has 2 unspecified atom stereocenters. The number of fused-ring (bicyclic) bond motifs is 1. The second-order valence-corrected chi connectivity index (χ2v) is 5.26. The average Bonchev–Trinajstić information content (AvgIpc) is 3.01. The Morgan fingerprint density at radius 2 is 2.37 bits per heavy atom. The molecule has 4 heteroatoms. The first-order valence-electron chi connectivity index (χ1n) is 6.93. The highest BCUT2D eigenvalue weighted by Crippen LogP contribution is 2.39. The fourth-order valence-electron chi connectivity index (χ4n) is 3.03. The number of nitrogens with two attached hydrogens (primary N) is 1. The summed E-state index contributed by atoms with van der Waals surface area (Å²) in [4.78, 5) is 4.53. The maximum Gasteiger partial charge on any atom is 0.0625 e. The fraction of sp³-hybridized carbons (Fsp3) is 0.467. The van der Waals surface area contributed by atoms with Crippen LogP contribution in [-0.2, 0) is 19.9 Å². The molecule has 4 nitrogen and oxygen atoms in total. The van der Waals surface area contributed by atoms with E-state index in [1.54, 1.807) is 0 Å². The van der Waals surface area contributed by atoms with E-state index >= 15 is 0 Å². The normalized spacial score (nSPS) is 19.4. The molecule has 2 N–H and O–H groups in total. The molecular formula is C15H20N4. The number of hydrogen-bond donors (Lipinski definition) is 1. The van der Waals surface area contributed by atoms with Crippen LogP contribution in [0.5, 0.6) is 0 Å². The van der Waals surface area contributed by atoms with Gasteiger partial charge in [0.25, 0.3) is 0 Å². The van der Waals surface area contributed by atoms with Crippen molar-refractivity contribution in [3.63, 3.8) is 0 Å². The van der Waals surface area contributed by atoms with Gasteiger partial charge in [-0.15, -0.1) is 0 Å². The summed E-state index contributed by atoms with van der Waals surface area (Å²) in [5.41, 5.74) is 11.2. The van der Waals surface area contributed by atoms with Gasteiger partial charge in [-0.05, 0) is 37.0 Å². The molecule has 2 atom stereocenters. The van der Waals surface area contributed by atoms with Gasteiger partial charge in [-0.3, -0.25) is 9.67 Å². The quantitative estimate of drug-likeness (QED) is 0.915. The molecule has 0 fully saturated rings. The van der Waals surface area contributed by atoms with Gasteiger partial charge in [-0.25, -0.2) is 0 Å². The van der Waals surface area contributed by atoms with Crippen LogP contribution in [0.15, 0.2) is 24.4 Å². The highest BCUT2D eigenvalue weighted by atomic mass is 15.3. The summed E-state index contributed by atoms with van der Waals surface area (Å²) in [6, 6.07) is 6.28. The third-order valence-electron chi connectivity index (χ3n) is 4.11. The maximum absolute atomic E-state index is 6.48. The van der Waals surface area contributed by atoms with Crippen LogP contribution < -0.4 is 5.73 Å². The lowest BCUT2D eigenvalue weighted by molar-refractivity contribution is 0.505. The van der Waals surface area contributed by atoms with Crippen LogP contribution >= 0.6 is 0 Å². The maximum atomic E-state index is 6.48. The molecule has 3 rings (SSSR count). The molecule has 100 valence electrons. The lowest BCUT2D eigenvalue weighted by Gasteiger charge is -2.19. The molecule has 0 saturated carbocycles. The number of aromatic nitrogens is 3. The summed E-state index contributed by atoms with van der Waals surface area (Å²) in [6.45, 7) is 2.12. The molecule has 0 spiro atoms. The van der Waals surface area contributed by atoms with E-state index in [1.807, 2.05) is 24.0 Å². The minimum absolute atomic E-state index is 0.0195. The van der Waals surface area contributed by atoms with Crippen LogP contribution in [-0.4, -0.2) is 14.8 Å². The number of pyridine rings is 1. The van der Waals surface area contributed by atoms with Gasteiger partial charge in [0.2, 0.25) is 0 Å². The SMILES string of the molecule is CCc1cc(C(N)C2CCc3cccnc32)n(C)n1. The molecule has 19 heavy (non-hydrogen) atoms. The predicted octanol–water partition coefficient (Wildman–Crippen LogP) is 2.11. The molecule has 0 radical (unpaired) electrons. The molecule has 1 aliphatic rings. The highest BCUT2D eigenvalue weighted by Gasteiger charge is 2.31. The molecule has 0 aliphatic heterocycles. The first-order valence-corrected chi connectivity index (χ1v) is 6.93. The summed E-state index contributed by atoms with van der Waals surface area (Å²) in [7, 11) is 1.97. The average molecular weight is 256 g/mol. The van der Waals surface area contributed by atoms with E-state index in [9.17, 15) is 0 Å². The van der Waals surface area contributed by atoms with Crippen LogP contribution in [0.2, 0.25) is 0 Å². The molecule has 2 aromatic rings. The molecule has 2 heterocycles. The van der Waals surface area contributed by atoms with Gasteiger partial charge in [0.05, 0.1) is 17.4 Å². The van der Waals surface area contributed by atoms with Crippen molar-refractivity contribution in [1.29, 1.82) is 0 Å². The van der Waals surface area contributed by atoms with Gasteiger partial charge >= 0.3 is 0 Å². The second-order valence-electron chi connectivity index (χ2n) is 5.26. The van der Waals surface area contributed by atoms with Crippen LogP contribution in [0, 0.1) is 0 Å². The van der Waals surface area contributed by atoms with Crippen LogP contribution in [0.1, 0.15) is 47.9 Å². The molecular weight excluding hydrogens is 236 g/mol. The van der Waals surface area contributed by atoms with Crippen molar-refractivity contribution in [2.24, 2.45) is 12.8 Å². The lowest BCUT2D eigenvalue weighted by Crippen LogP contribution is -2.21. The molecule has 0 bridgehead atoms. The van der Waals surface area contributed by atoms with Crippen molar-refractivity contribution in [3.05, 3.63) is 47.0 Å². The summed E-state index contributed by atoms with van der Waals surface area (Å²) in [5, 5.41) is 4.49. The van der Waals surface area contributed by atoms with Crippen molar-refractivity contribution >= 4 is 0 Å². The Kier molecular flexibility index (Phi) is 3.11. The summed E-state index contributed by atoms with van der Waals surface area (Å²) in [6.07, 6.45) is 4.98. The zero-order chi connectivity index (χ0) is 13.4. The topological polar surface area (TPSA) is 56.7 Å². The number of hydrogen-bond acceptors (Lipinski definition) is 3. The monoisotopic (exact) mass is 256 g/mol. The van der Waals surface area contributed by atoms with Crippen LogP contribution in [0.4, 0.5) is 0 Å². The first-order chi connectivity index (χ1) is 9.20. The van der Waals surface area contributed by atoms with Gasteiger partial charge in [-0.2, -0.15) is 5.10 Å². The molecule has 0 amide bonds. The first kappa shape index (κ1) is 12.4. The van der Waals surface area contributed by atoms with E-state index in [4.69, 9.17) is 5.73 Å². The standard InChI is InChI=1S/C15H20N4/c1-3-11-9-13(19(2)18-11)14(16)12-7-6-10-5-4-8-17-15(10)12/h4-5,8-9,12,14H,3,6-7,16H2,1-2H3. The highest BCUT2D eigenvalue weighted by molar-refractivity contribution is 5.32. The Morgan fingerprint density at radius 1 is 1.53 bits per heavy atom. The summed E-state index contributed by atoms with van der Waals surface area (Å²) >= 11 is 0. The Bertz CT molecular complexity index is 588. The summed E-state index contributed by atoms with van der Waals surface area (Å²) in [5.74, 6) is 0.316. The van der Waals surface area contributed by atoms with Crippen LogP contribution in [0.3, 0.4) is 0 Å². The fourth-order valence-corrected chi connectivity index (χ4v) is 3.03. The Labute approximate surface area is 113 Å². The zero-order valence-corrected chi connectivity index (χ0v) is 11.5. The van der Waals surface area contributed by atoms with E-state index in [2.05, 4.69) is 29.1 Å². The van der Waals surface area contributed by atoms with E-state index in [-0.39, 0.29) is 6.04 Å². The smallest absolute Gasteiger partial charge is 0.0625 e. The zero-order valence-electron chi connectivity index (χ0n) is 11.5. The third-order valence-corrected chi connectivity index (χ3v) is 4.11. The lowest BCUT2D eigenvalue weighted by atomic mass is 9.94. The van der Waals surface area contributed by atoms with Crippen molar-refractivity contribution in [3.8, 4) is 0 Å². The minimum atomic E-state index is -0.0195. The minimum Gasteiger partial charge on any atom is -0.322 e. The largest absolute Gasteiger partial charge is 0.322 e. The van der Waals surface area contributed by atoms with Crippen molar-refractivity contribution < 1.29 is 0 Å². The Balaban J connectivity index is 1.93. The van der Waals surface area contributed by atoms with Crippen molar-refractivity contribution in [2.45, 2.75) is 38.1 Å². The van der Waals surface area contributed by atoms with E-state index < -0.39 is 0 Å². The van der Waals surface area contributed by atoms with Gasteiger partial charge in [0.1, 0.15) is 0 Å². The van der Waals surface area contributed by atoms with Gasteiger partial charge < -0.3 is 5.73 Å². The number of aryl methyl sites for hydroxylation is 3. The van der Waals surface area contributed by atoms with E-state index in [0.717, 1.165) is 30.7 Å². The Hall–Kier alpha value is -1.68. The number of nitrogens with zero attached hydrogens (tertiary/aromatic N) is 3. The van der Waals surface area contributed by atoms with E-state index in [0.29, 0.717) is 5.92 Å². The second kappa shape index (κ2) is 4.78. The Morgan fingerprint density at radius 3 is 3.11 bits per heavy atom. The van der Waals surface area contributed by atoms with Crippen molar-refractivity contribution in [2.75, 3.05) is 0 Å². The molecule has 0 saturated heterocycles. The van der Waals surface area contributed by atoms with Gasteiger partial charge in [0, 0.05) is 24.9 Å². The molecule has 1 aliphatic carbocycles. The molecule has 0 aromatic carbocycles. The van der Waals surface area contributed by atoms with E-state index in [1.165, 1.54) is 11.3 Å². The third kappa shape index (κ3) is 2.06. The molecule has 2 aromatic heterocycles. The van der Waals surface area contributed by atoms with Crippen molar-refractivity contribution in [1.82, 2.24) is 14.8 Å². The number of rotatable bonds is 3. The predicted molar refractivity (Wildman–Crippen MR) is 74.8 cm³/mol. The van der Waals surface area contributed by atoms with Crippen LogP contribution in [0.25, 0.3) is 0 Å².